The van der Waals surface area contributed by atoms with Gasteiger partial charge in [0.05, 0.1) is 17.2 Å². The molecule has 2 aromatic rings. The van der Waals surface area contributed by atoms with Crippen LogP contribution in [-0.2, 0) is 13.0 Å². The van der Waals surface area contributed by atoms with E-state index in [1.165, 1.54) is 17.0 Å². The summed E-state index contributed by atoms with van der Waals surface area (Å²) in [6.45, 7) is 5.36. The number of thiazole rings is 1. The Morgan fingerprint density at radius 2 is 2.08 bits per heavy atom. The normalized spacial score (nSPS) is 11.1. The van der Waals surface area contributed by atoms with E-state index in [1.807, 2.05) is 13.8 Å². The summed E-state index contributed by atoms with van der Waals surface area (Å²) in [6.07, 6.45) is 0.693. The van der Waals surface area contributed by atoms with E-state index in [9.17, 15) is 4.39 Å². The van der Waals surface area contributed by atoms with Crippen molar-refractivity contribution < 1.29 is 4.39 Å². The maximum atomic E-state index is 13.0. The zero-order valence-electron chi connectivity index (χ0n) is 13.8. The van der Waals surface area contributed by atoms with Crippen LogP contribution in [0.3, 0.4) is 0 Å². The Labute approximate surface area is 168 Å². The standard InChI is InChI=1S/C16H20ClFN4S.HI/c1-10-15(23-11(2)22-10)9-21-16(19-3)20-7-6-12-4-5-13(18)8-14(12)17;/h4-5,8H,6-7,9H2,1-3H3,(H2,19,20,21);1H. The van der Waals surface area contributed by atoms with Crippen LogP contribution in [0.25, 0.3) is 0 Å². The lowest BCUT2D eigenvalue weighted by Crippen LogP contribution is -2.37. The first kappa shape index (κ1) is 21.1. The molecule has 0 amide bonds. The van der Waals surface area contributed by atoms with Crippen LogP contribution in [-0.4, -0.2) is 24.5 Å². The van der Waals surface area contributed by atoms with E-state index in [4.69, 9.17) is 11.6 Å². The van der Waals surface area contributed by atoms with E-state index in [0.29, 0.717) is 30.5 Å². The number of hydrogen-bond acceptors (Lipinski definition) is 3. The van der Waals surface area contributed by atoms with Crippen LogP contribution < -0.4 is 10.6 Å². The van der Waals surface area contributed by atoms with Crippen LogP contribution in [0.4, 0.5) is 4.39 Å². The van der Waals surface area contributed by atoms with Gasteiger partial charge in [0.25, 0.3) is 0 Å². The van der Waals surface area contributed by atoms with E-state index >= 15 is 0 Å². The van der Waals surface area contributed by atoms with Crippen molar-refractivity contribution in [2.45, 2.75) is 26.8 Å². The molecule has 0 unspecified atom stereocenters. The van der Waals surface area contributed by atoms with Gasteiger partial charge >= 0.3 is 0 Å². The van der Waals surface area contributed by atoms with Gasteiger partial charge in [-0.05, 0) is 38.0 Å². The second kappa shape index (κ2) is 10.1. The highest BCUT2D eigenvalue weighted by Gasteiger charge is 2.06. The molecule has 4 nitrogen and oxygen atoms in total. The Bertz CT molecular complexity index is 705. The number of rotatable bonds is 5. The molecule has 0 aliphatic carbocycles. The molecule has 132 valence electrons. The summed E-state index contributed by atoms with van der Waals surface area (Å²) in [5.41, 5.74) is 1.96. The van der Waals surface area contributed by atoms with Crippen molar-refractivity contribution in [3.63, 3.8) is 0 Å². The Kier molecular flexibility index (Phi) is 8.93. The van der Waals surface area contributed by atoms with Crippen LogP contribution in [0, 0.1) is 19.7 Å². The van der Waals surface area contributed by atoms with Crippen molar-refractivity contribution in [1.29, 1.82) is 0 Å². The maximum absolute atomic E-state index is 13.0. The summed E-state index contributed by atoms with van der Waals surface area (Å²) in [4.78, 5) is 9.80. The van der Waals surface area contributed by atoms with E-state index in [2.05, 4.69) is 20.6 Å². The lowest BCUT2D eigenvalue weighted by atomic mass is 10.1. The molecule has 1 aromatic carbocycles. The smallest absolute Gasteiger partial charge is 0.191 e. The number of aromatic nitrogens is 1. The third kappa shape index (κ3) is 6.18. The first-order valence-corrected chi connectivity index (χ1v) is 8.50. The first-order valence-electron chi connectivity index (χ1n) is 7.31. The number of halogens is 3. The Balaban J connectivity index is 0.00000288. The van der Waals surface area contributed by atoms with Gasteiger partial charge in [-0.2, -0.15) is 0 Å². The summed E-state index contributed by atoms with van der Waals surface area (Å²) < 4.78 is 13.0. The summed E-state index contributed by atoms with van der Waals surface area (Å²) in [5, 5.41) is 8.01. The van der Waals surface area contributed by atoms with Crippen molar-refractivity contribution in [3.05, 3.63) is 50.2 Å². The molecule has 0 atom stereocenters. The summed E-state index contributed by atoms with van der Waals surface area (Å²) in [6, 6.07) is 4.46. The second-order valence-corrected chi connectivity index (χ2v) is 6.77. The molecule has 0 aliphatic rings. The molecule has 8 heteroatoms. The summed E-state index contributed by atoms with van der Waals surface area (Å²) in [7, 11) is 1.73. The summed E-state index contributed by atoms with van der Waals surface area (Å²) >= 11 is 7.70. The fourth-order valence-corrected chi connectivity index (χ4v) is 3.30. The van der Waals surface area contributed by atoms with Crippen LogP contribution >= 0.6 is 46.9 Å². The van der Waals surface area contributed by atoms with E-state index in [1.54, 1.807) is 24.5 Å². The molecule has 2 rings (SSSR count). The molecular formula is C16H21ClFIN4S. The van der Waals surface area contributed by atoms with Gasteiger partial charge in [-0.15, -0.1) is 35.3 Å². The molecule has 1 aromatic heterocycles. The number of hydrogen-bond donors (Lipinski definition) is 2. The predicted molar refractivity (Wildman–Crippen MR) is 110 cm³/mol. The zero-order valence-corrected chi connectivity index (χ0v) is 17.7. The highest BCUT2D eigenvalue weighted by Crippen LogP contribution is 2.18. The maximum Gasteiger partial charge on any atom is 0.191 e. The lowest BCUT2D eigenvalue weighted by molar-refractivity contribution is 0.627. The van der Waals surface area contributed by atoms with Gasteiger partial charge in [0, 0.05) is 23.5 Å². The van der Waals surface area contributed by atoms with Crippen LogP contribution in [0.2, 0.25) is 5.02 Å². The van der Waals surface area contributed by atoms with Crippen molar-refractivity contribution >= 4 is 52.9 Å². The topological polar surface area (TPSA) is 49.3 Å². The minimum atomic E-state index is -0.320. The third-order valence-corrected chi connectivity index (χ3v) is 4.77. The molecule has 0 saturated heterocycles. The molecule has 2 N–H and O–H groups in total. The molecule has 0 bridgehead atoms. The van der Waals surface area contributed by atoms with Crippen molar-refractivity contribution in [1.82, 2.24) is 15.6 Å². The monoisotopic (exact) mass is 482 g/mol. The molecule has 0 saturated carbocycles. The largest absolute Gasteiger partial charge is 0.356 e. The fraction of sp³-hybridized carbons (Fsp3) is 0.375. The number of nitrogens with zero attached hydrogens (tertiary/aromatic N) is 2. The molecule has 0 fully saturated rings. The lowest BCUT2D eigenvalue weighted by Gasteiger charge is -2.12. The van der Waals surface area contributed by atoms with Gasteiger partial charge in [-0.1, -0.05) is 17.7 Å². The molecule has 0 aliphatic heterocycles. The minimum Gasteiger partial charge on any atom is -0.356 e. The highest BCUT2D eigenvalue weighted by molar-refractivity contribution is 14.0. The second-order valence-electron chi connectivity index (χ2n) is 5.08. The van der Waals surface area contributed by atoms with Gasteiger partial charge in [-0.25, -0.2) is 9.37 Å². The summed E-state index contributed by atoms with van der Waals surface area (Å²) in [5.74, 6) is 0.396. The minimum absolute atomic E-state index is 0. The average molecular weight is 483 g/mol. The quantitative estimate of drug-likeness (QED) is 0.384. The first-order chi connectivity index (χ1) is 11.0. The number of nitrogens with one attached hydrogen (secondary N) is 2. The number of guanidine groups is 1. The Hall–Kier alpha value is -0.930. The van der Waals surface area contributed by atoms with Crippen LogP contribution in [0.1, 0.15) is 21.1 Å². The van der Waals surface area contributed by atoms with Crippen molar-refractivity contribution in [2.75, 3.05) is 13.6 Å². The van der Waals surface area contributed by atoms with E-state index in [0.717, 1.165) is 16.3 Å². The van der Waals surface area contributed by atoms with Gasteiger partial charge in [-0.3, -0.25) is 4.99 Å². The van der Waals surface area contributed by atoms with E-state index < -0.39 is 0 Å². The van der Waals surface area contributed by atoms with Gasteiger partial charge in [0.1, 0.15) is 5.82 Å². The van der Waals surface area contributed by atoms with E-state index in [-0.39, 0.29) is 29.8 Å². The van der Waals surface area contributed by atoms with Crippen LogP contribution in [0.15, 0.2) is 23.2 Å². The Morgan fingerprint density at radius 3 is 2.67 bits per heavy atom. The van der Waals surface area contributed by atoms with Gasteiger partial charge in [0.15, 0.2) is 5.96 Å². The average Bonchev–Trinajstić information content (AvgIpc) is 2.82. The SMILES string of the molecule is CN=C(NCCc1ccc(F)cc1Cl)NCc1sc(C)nc1C.I. The fourth-order valence-electron chi connectivity index (χ4n) is 2.16. The van der Waals surface area contributed by atoms with Crippen LogP contribution in [0.5, 0.6) is 0 Å². The molecule has 24 heavy (non-hydrogen) atoms. The van der Waals surface area contributed by atoms with Crippen molar-refractivity contribution in [2.24, 2.45) is 4.99 Å². The number of aryl methyl sites for hydroxylation is 2. The Morgan fingerprint density at radius 1 is 1.33 bits per heavy atom. The van der Waals surface area contributed by atoms with Gasteiger partial charge in [0.2, 0.25) is 0 Å². The molecule has 0 spiro atoms. The number of benzene rings is 1. The predicted octanol–water partition coefficient (Wildman–Crippen LogP) is 4.08. The molecule has 0 radical (unpaired) electrons. The zero-order chi connectivity index (χ0) is 16.8. The van der Waals surface area contributed by atoms with Crippen molar-refractivity contribution in [3.8, 4) is 0 Å². The third-order valence-electron chi connectivity index (χ3n) is 3.34. The molecule has 1 heterocycles. The molecular weight excluding hydrogens is 462 g/mol. The highest BCUT2D eigenvalue weighted by atomic mass is 127. The number of aliphatic imine (C=N–C) groups is 1. The van der Waals surface area contributed by atoms with Gasteiger partial charge < -0.3 is 10.6 Å².